The number of amides is 2. The molecule has 0 bridgehead atoms. The van der Waals surface area contributed by atoms with Crippen LogP contribution in [0.5, 0.6) is 0 Å². The Morgan fingerprint density at radius 2 is 1.70 bits per heavy atom. The lowest BCUT2D eigenvalue weighted by Crippen LogP contribution is -2.55. The third kappa shape index (κ3) is 7.23. The van der Waals surface area contributed by atoms with Crippen molar-refractivity contribution < 1.29 is 4.79 Å². The summed E-state index contributed by atoms with van der Waals surface area (Å²) in [6.07, 6.45) is 15.2. The van der Waals surface area contributed by atoms with E-state index in [1.807, 2.05) is 13.8 Å². The van der Waals surface area contributed by atoms with Crippen molar-refractivity contribution in [1.82, 2.24) is 10.0 Å². The summed E-state index contributed by atoms with van der Waals surface area (Å²) in [5, 5.41) is 3.25. The van der Waals surface area contributed by atoms with Crippen molar-refractivity contribution in [2.75, 3.05) is 24.5 Å². The summed E-state index contributed by atoms with van der Waals surface area (Å²) in [7, 11) is 0. The normalized spacial score (nSPS) is 35.3. The first-order valence-corrected chi connectivity index (χ1v) is 19.1. The number of nitrogens with one attached hydrogen (secondary N) is 2. The molecule has 43 heavy (non-hydrogen) atoms. The predicted octanol–water partition coefficient (Wildman–Crippen LogP) is 10.6. The van der Waals surface area contributed by atoms with E-state index < -0.39 is 0 Å². The van der Waals surface area contributed by atoms with Gasteiger partial charge in [-0.05, 0) is 140 Å². The lowest BCUT2D eigenvalue weighted by atomic mass is 9.43. The summed E-state index contributed by atoms with van der Waals surface area (Å²) in [4.78, 5) is 16.4. The van der Waals surface area contributed by atoms with Crippen molar-refractivity contribution in [3.8, 4) is 0 Å². The maximum absolute atomic E-state index is 12.9. The van der Waals surface area contributed by atoms with Crippen LogP contribution >= 0.6 is 11.9 Å². The lowest BCUT2D eigenvalue weighted by Gasteiger charge is -2.62. The molecule has 9 atom stereocenters. The molecule has 6 unspecified atom stereocenters. The second kappa shape index (κ2) is 15.3. The smallest absolute Gasteiger partial charge is 0.325 e. The molecule has 4 aliphatic rings. The van der Waals surface area contributed by atoms with Gasteiger partial charge < -0.3 is 10.2 Å². The van der Waals surface area contributed by atoms with Crippen LogP contribution in [0.4, 0.5) is 10.5 Å². The minimum atomic E-state index is -0.0630. The second-order valence-corrected chi connectivity index (χ2v) is 15.9. The second-order valence-electron chi connectivity index (χ2n) is 15.1. The van der Waals surface area contributed by atoms with Crippen molar-refractivity contribution in [2.24, 2.45) is 52.3 Å². The van der Waals surface area contributed by atoms with Crippen molar-refractivity contribution in [1.29, 1.82) is 0 Å². The van der Waals surface area contributed by atoms with Crippen molar-refractivity contribution in [3.63, 3.8) is 0 Å². The molecule has 0 spiro atoms. The molecule has 244 valence electrons. The molecule has 0 heterocycles. The highest BCUT2D eigenvalue weighted by molar-refractivity contribution is 7.98. The van der Waals surface area contributed by atoms with E-state index in [4.69, 9.17) is 0 Å². The number of fused-ring (bicyclic) bond motifs is 5. The topological polar surface area (TPSA) is 44.4 Å². The van der Waals surface area contributed by atoms with E-state index in [-0.39, 0.29) is 6.03 Å². The Morgan fingerprint density at radius 1 is 0.977 bits per heavy atom. The van der Waals surface area contributed by atoms with Gasteiger partial charge in [0.05, 0.1) is 0 Å². The zero-order valence-corrected chi connectivity index (χ0v) is 29.8. The summed E-state index contributed by atoms with van der Waals surface area (Å²) < 4.78 is 3.06. The molecule has 0 aromatic heterocycles. The van der Waals surface area contributed by atoms with Crippen molar-refractivity contribution in [2.45, 2.75) is 131 Å². The lowest BCUT2D eigenvalue weighted by molar-refractivity contribution is -0.134. The molecule has 0 aliphatic heterocycles. The van der Waals surface area contributed by atoms with Crippen LogP contribution < -0.4 is 14.9 Å². The summed E-state index contributed by atoms with van der Waals surface area (Å²) in [5.74, 6) is 5.84. The van der Waals surface area contributed by atoms with E-state index in [2.05, 4.69) is 80.7 Å². The summed E-state index contributed by atoms with van der Waals surface area (Å²) in [6.45, 7) is 21.7. The van der Waals surface area contributed by atoms with Crippen LogP contribution in [0.15, 0.2) is 29.2 Å². The number of carbonyl (C=O) groups is 1. The fourth-order valence-electron chi connectivity index (χ4n) is 11.0. The Kier molecular flexibility index (Phi) is 12.3. The average Bonchev–Trinajstić information content (AvgIpc) is 3.37. The highest BCUT2D eigenvalue weighted by Crippen LogP contribution is 2.69. The minimum Gasteiger partial charge on any atom is -0.372 e. The predicted molar refractivity (Wildman–Crippen MR) is 187 cm³/mol. The summed E-state index contributed by atoms with van der Waals surface area (Å²) in [5.41, 5.74) is 2.27. The molecular weight excluding hydrogens is 547 g/mol. The number of rotatable bonds is 10. The third-order valence-electron chi connectivity index (χ3n) is 12.7. The van der Waals surface area contributed by atoms with Gasteiger partial charge >= 0.3 is 6.03 Å². The van der Waals surface area contributed by atoms with E-state index in [1.54, 1.807) is 0 Å². The highest BCUT2D eigenvalue weighted by Gasteiger charge is 2.61. The van der Waals surface area contributed by atoms with Crippen LogP contribution in [0.1, 0.15) is 126 Å². The van der Waals surface area contributed by atoms with Crippen molar-refractivity contribution >= 4 is 23.7 Å². The minimum absolute atomic E-state index is 0.0630. The van der Waals surface area contributed by atoms with Gasteiger partial charge in [0.25, 0.3) is 0 Å². The maximum Gasteiger partial charge on any atom is 0.325 e. The van der Waals surface area contributed by atoms with Gasteiger partial charge in [-0.1, -0.05) is 74.3 Å². The fraction of sp³-hybridized carbons (Fsp3) is 0.816. The molecule has 4 aliphatic carbocycles. The van der Waals surface area contributed by atoms with Gasteiger partial charge in [0, 0.05) is 30.2 Å². The standard InChI is InChI=1S/C36H59N3OS.C2H6/c1-7-20-39(21-8-2)27-12-11-13-28(23-27)41-38-34(40)37-24-26(4)31-15-16-32-29-22-25(3)30-14-9-10-18-35(30,5)33(29)17-19-36(31,32)6;1-2/h11-13,23,25-26,29-33H,7-10,14-22,24H2,1-6H3,(H2,37,38,40);1-2H3/t25-,26+,29?,30?,31?,32?,33-,35?,36?;/m0./s1. The number of nitrogens with zero attached hydrogens (tertiary/aromatic N) is 1. The SMILES string of the molecule is CC.CCCN(CCC)c1cccc(SNC(=O)NC[C@@H](C)C2CCC3C4C[C@H](C)C5CCCCC5(C)[C@H]4CCC32C)c1. The van der Waals surface area contributed by atoms with Crippen LogP contribution in [-0.2, 0) is 0 Å². The van der Waals surface area contributed by atoms with Gasteiger partial charge in [0.15, 0.2) is 0 Å². The first-order chi connectivity index (χ1) is 20.7. The van der Waals surface area contributed by atoms with Gasteiger partial charge in [0.2, 0.25) is 0 Å². The Hall–Kier alpha value is -1.36. The number of urea groups is 1. The Morgan fingerprint density at radius 3 is 2.42 bits per heavy atom. The molecule has 4 fully saturated rings. The molecule has 5 heteroatoms. The van der Waals surface area contributed by atoms with Gasteiger partial charge in [-0.25, -0.2) is 4.79 Å². The summed E-state index contributed by atoms with van der Waals surface area (Å²) in [6, 6.07) is 8.52. The van der Waals surface area contributed by atoms with Crippen LogP contribution in [0.25, 0.3) is 0 Å². The monoisotopic (exact) mass is 611 g/mol. The molecular formula is C38H65N3OS. The first-order valence-electron chi connectivity index (χ1n) is 18.3. The van der Waals surface area contributed by atoms with Crippen molar-refractivity contribution in [3.05, 3.63) is 24.3 Å². The number of carbonyl (C=O) groups excluding carboxylic acids is 1. The van der Waals surface area contributed by atoms with Crippen LogP contribution in [0.2, 0.25) is 0 Å². The Balaban J connectivity index is 0.00000207. The molecule has 1 aromatic carbocycles. The molecule has 0 radical (unpaired) electrons. The Labute approximate surface area is 269 Å². The number of anilines is 1. The summed E-state index contributed by atoms with van der Waals surface area (Å²) >= 11 is 1.43. The molecule has 5 rings (SSSR count). The molecule has 1 aromatic rings. The molecule has 2 N–H and O–H groups in total. The van der Waals surface area contributed by atoms with Crippen LogP contribution in [-0.4, -0.2) is 25.7 Å². The third-order valence-corrected chi connectivity index (χ3v) is 13.5. The van der Waals surface area contributed by atoms with Gasteiger partial charge in [0.1, 0.15) is 0 Å². The largest absolute Gasteiger partial charge is 0.372 e. The number of hydrogen-bond donors (Lipinski definition) is 2. The van der Waals surface area contributed by atoms with Crippen LogP contribution in [0, 0.1) is 52.3 Å². The van der Waals surface area contributed by atoms with E-state index in [0.717, 1.165) is 67.0 Å². The van der Waals surface area contributed by atoms with Gasteiger partial charge in [-0.15, -0.1) is 0 Å². The quantitative estimate of drug-likeness (QED) is 0.259. The molecule has 2 amide bonds. The molecule has 4 nitrogen and oxygen atoms in total. The van der Waals surface area contributed by atoms with Crippen LogP contribution in [0.3, 0.4) is 0 Å². The van der Waals surface area contributed by atoms with E-state index in [9.17, 15) is 4.79 Å². The van der Waals surface area contributed by atoms with Gasteiger partial charge in [-0.3, -0.25) is 4.72 Å². The number of benzene rings is 1. The molecule has 0 saturated heterocycles. The fourth-order valence-corrected chi connectivity index (χ4v) is 11.6. The maximum atomic E-state index is 12.9. The Bertz CT molecular complexity index is 1030. The van der Waals surface area contributed by atoms with Gasteiger partial charge in [-0.2, -0.15) is 0 Å². The average molecular weight is 612 g/mol. The zero-order valence-electron chi connectivity index (χ0n) is 29.0. The number of hydrogen-bond acceptors (Lipinski definition) is 3. The van der Waals surface area contributed by atoms with E-state index >= 15 is 0 Å². The zero-order chi connectivity index (χ0) is 31.2. The van der Waals surface area contributed by atoms with E-state index in [1.165, 1.54) is 75.4 Å². The first kappa shape index (κ1) is 34.5. The highest BCUT2D eigenvalue weighted by atomic mass is 32.2. The van der Waals surface area contributed by atoms with E-state index in [0.29, 0.717) is 22.7 Å². The molecule has 4 saturated carbocycles.